The van der Waals surface area contributed by atoms with E-state index < -0.39 is 21.4 Å². The Morgan fingerprint density at radius 2 is 1.55 bits per heavy atom. The van der Waals surface area contributed by atoms with Gasteiger partial charge in [0, 0.05) is 16.8 Å². The number of thioether (sulfide) groups is 1. The summed E-state index contributed by atoms with van der Waals surface area (Å²) in [5.41, 5.74) is 0.943. The molecule has 6 nitrogen and oxygen atoms in total. The van der Waals surface area contributed by atoms with Gasteiger partial charge in [0.05, 0.1) is 4.90 Å². The van der Waals surface area contributed by atoms with E-state index in [-0.39, 0.29) is 17.3 Å². The van der Waals surface area contributed by atoms with Gasteiger partial charge in [0.15, 0.2) is 9.84 Å². The van der Waals surface area contributed by atoms with Crippen LogP contribution in [0.4, 0.5) is 4.79 Å². The number of benzene rings is 2. The van der Waals surface area contributed by atoms with E-state index in [4.69, 9.17) is 0 Å². The predicted molar refractivity (Wildman–Crippen MR) is 114 cm³/mol. The maximum atomic E-state index is 12.5. The Morgan fingerprint density at radius 3 is 2.03 bits per heavy atom. The second kappa shape index (κ2) is 8.04. The number of hydrogen-bond donors (Lipinski definition) is 1. The third kappa shape index (κ3) is 4.54. The van der Waals surface area contributed by atoms with Gasteiger partial charge < -0.3 is 5.32 Å². The molecule has 0 unspecified atom stereocenters. The van der Waals surface area contributed by atoms with E-state index in [0.29, 0.717) is 0 Å². The standard InChI is InChI=1S/C21H22N2O4S2/c1-21(2)19(24)23(20(25)22-21)13-4-14-29(26,27)18-11-7-16(8-12-18)15-5-9-17(28-3)10-6-15/h4-12,14H,13H2,1-3H3,(H,22,25)/b14-4+. The topological polar surface area (TPSA) is 83.6 Å². The van der Waals surface area contributed by atoms with Gasteiger partial charge in [-0.2, -0.15) is 0 Å². The molecule has 29 heavy (non-hydrogen) atoms. The highest BCUT2D eigenvalue weighted by molar-refractivity contribution is 7.98. The Kier molecular flexibility index (Phi) is 5.86. The highest BCUT2D eigenvalue weighted by Gasteiger charge is 2.43. The second-order valence-electron chi connectivity index (χ2n) is 7.14. The minimum atomic E-state index is -3.68. The fourth-order valence-corrected chi connectivity index (χ4v) is 4.38. The summed E-state index contributed by atoms with van der Waals surface area (Å²) >= 11 is 1.66. The molecular weight excluding hydrogens is 408 g/mol. The zero-order valence-corrected chi connectivity index (χ0v) is 18.0. The van der Waals surface area contributed by atoms with E-state index in [2.05, 4.69) is 5.32 Å². The monoisotopic (exact) mass is 430 g/mol. The van der Waals surface area contributed by atoms with Crippen LogP contribution in [-0.2, 0) is 14.6 Å². The van der Waals surface area contributed by atoms with Crippen LogP contribution in [0.1, 0.15) is 13.8 Å². The third-order valence-electron chi connectivity index (χ3n) is 4.61. The Hall–Kier alpha value is -2.58. The summed E-state index contributed by atoms with van der Waals surface area (Å²) in [6.07, 6.45) is 3.32. The first-order chi connectivity index (χ1) is 13.6. The van der Waals surface area contributed by atoms with Crippen molar-refractivity contribution in [2.45, 2.75) is 29.2 Å². The van der Waals surface area contributed by atoms with Gasteiger partial charge in [0.1, 0.15) is 5.54 Å². The molecule has 0 spiro atoms. The van der Waals surface area contributed by atoms with E-state index in [9.17, 15) is 18.0 Å². The zero-order chi connectivity index (χ0) is 21.2. The number of carbonyl (C=O) groups is 2. The van der Waals surface area contributed by atoms with Crippen LogP contribution in [0, 0.1) is 0 Å². The molecule has 1 aliphatic heterocycles. The first-order valence-electron chi connectivity index (χ1n) is 8.94. The number of urea groups is 1. The van der Waals surface area contributed by atoms with Crippen LogP contribution in [0.3, 0.4) is 0 Å². The number of sulfone groups is 1. The average molecular weight is 431 g/mol. The number of amides is 3. The van der Waals surface area contributed by atoms with Crippen LogP contribution in [0.25, 0.3) is 11.1 Å². The number of imide groups is 1. The molecule has 2 aromatic rings. The van der Waals surface area contributed by atoms with Crippen molar-refractivity contribution < 1.29 is 18.0 Å². The molecule has 1 N–H and O–H groups in total. The number of nitrogens with one attached hydrogen (secondary N) is 1. The van der Waals surface area contributed by atoms with E-state index in [1.807, 2.05) is 30.5 Å². The Morgan fingerprint density at radius 1 is 1.00 bits per heavy atom. The maximum absolute atomic E-state index is 12.5. The summed E-state index contributed by atoms with van der Waals surface area (Å²) in [5.74, 6) is -0.388. The molecule has 0 bridgehead atoms. The van der Waals surface area contributed by atoms with Gasteiger partial charge >= 0.3 is 6.03 Å². The van der Waals surface area contributed by atoms with E-state index in [1.165, 1.54) is 6.08 Å². The summed E-state index contributed by atoms with van der Waals surface area (Å²) in [4.78, 5) is 26.3. The highest BCUT2D eigenvalue weighted by atomic mass is 32.2. The molecule has 1 heterocycles. The first kappa shape index (κ1) is 21.1. The summed E-state index contributed by atoms with van der Waals surface area (Å²) in [7, 11) is -3.68. The highest BCUT2D eigenvalue weighted by Crippen LogP contribution is 2.25. The fourth-order valence-electron chi connectivity index (χ4n) is 2.96. The van der Waals surface area contributed by atoms with Crippen LogP contribution in [0.15, 0.2) is 69.8 Å². The van der Waals surface area contributed by atoms with E-state index in [1.54, 1.807) is 49.9 Å². The largest absolute Gasteiger partial charge is 0.325 e. The summed E-state index contributed by atoms with van der Waals surface area (Å²) in [6.45, 7) is 3.10. The van der Waals surface area contributed by atoms with Crippen molar-refractivity contribution in [2.24, 2.45) is 0 Å². The molecule has 1 fully saturated rings. The average Bonchev–Trinajstić information content (AvgIpc) is 2.89. The Balaban J connectivity index is 1.71. The number of hydrogen-bond acceptors (Lipinski definition) is 5. The molecule has 0 atom stereocenters. The van der Waals surface area contributed by atoms with Gasteiger partial charge in [-0.1, -0.05) is 30.3 Å². The number of nitrogens with zero attached hydrogens (tertiary/aromatic N) is 1. The minimum absolute atomic E-state index is 0.104. The number of carbonyl (C=O) groups excluding carboxylic acids is 2. The quantitative estimate of drug-likeness (QED) is 0.558. The van der Waals surface area contributed by atoms with Crippen molar-refractivity contribution in [3.8, 4) is 11.1 Å². The van der Waals surface area contributed by atoms with Gasteiger partial charge in [0.2, 0.25) is 0 Å². The van der Waals surface area contributed by atoms with Crippen LogP contribution in [-0.4, -0.2) is 43.6 Å². The van der Waals surface area contributed by atoms with Crippen LogP contribution in [0.5, 0.6) is 0 Å². The second-order valence-corrected chi connectivity index (χ2v) is 9.85. The van der Waals surface area contributed by atoms with Crippen LogP contribution >= 0.6 is 11.8 Å². The fraction of sp³-hybridized carbons (Fsp3) is 0.238. The van der Waals surface area contributed by atoms with E-state index in [0.717, 1.165) is 26.3 Å². The van der Waals surface area contributed by atoms with E-state index >= 15 is 0 Å². The molecule has 0 radical (unpaired) electrons. The van der Waals surface area contributed by atoms with Gasteiger partial charge in [-0.15, -0.1) is 11.8 Å². The van der Waals surface area contributed by atoms with Crippen LogP contribution in [0.2, 0.25) is 0 Å². The van der Waals surface area contributed by atoms with Gasteiger partial charge in [-0.3, -0.25) is 9.69 Å². The molecular formula is C21H22N2O4S2. The van der Waals surface area contributed by atoms with Gasteiger partial charge in [-0.05, 0) is 55.5 Å². The molecule has 1 saturated heterocycles. The lowest BCUT2D eigenvalue weighted by Crippen LogP contribution is -2.40. The smallest absolute Gasteiger partial charge is 0.324 e. The van der Waals surface area contributed by atoms with Gasteiger partial charge in [0.25, 0.3) is 5.91 Å². The molecule has 152 valence electrons. The molecule has 8 heteroatoms. The van der Waals surface area contributed by atoms with Gasteiger partial charge in [-0.25, -0.2) is 13.2 Å². The van der Waals surface area contributed by atoms with Crippen molar-refractivity contribution in [1.29, 1.82) is 0 Å². The third-order valence-corrected chi connectivity index (χ3v) is 6.84. The Bertz CT molecular complexity index is 1060. The normalized spacial score (nSPS) is 16.4. The van der Waals surface area contributed by atoms with Crippen molar-refractivity contribution in [1.82, 2.24) is 10.2 Å². The molecule has 0 aromatic heterocycles. The summed E-state index contributed by atoms with van der Waals surface area (Å²) < 4.78 is 25.1. The Labute approximate surface area is 174 Å². The predicted octanol–water partition coefficient (Wildman–Crippen LogP) is 3.69. The van der Waals surface area contributed by atoms with Crippen molar-refractivity contribution in [3.05, 3.63) is 60.0 Å². The molecule has 3 amide bonds. The molecule has 1 aliphatic rings. The lowest BCUT2D eigenvalue weighted by molar-refractivity contribution is -0.129. The lowest BCUT2D eigenvalue weighted by Gasteiger charge is -2.14. The molecule has 0 aliphatic carbocycles. The molecule has 3 rings (SSSR count). The summed E-state index contributed by atoms with van der Waals surface area (Å²) in [6, 6.07) is 14.1. The SMILES string of the molecule is CSc1ccc(-c2ccc(S(=O)(=O)/C=C/CN3C(=O)NC(C)(C)C3=O)cc2)cc1. The number of rotatable bonds is 6. The zero-order valence-electron chi connectivity index (χ0n) is 16.4. The molecule has 2 aromatic carbocycles. The summed E-state index contributed by atoms with van der Waals surface area (Å²) in [5, 5.41) is 3.58. The van der Waals surface area contributed by atoms with Crippen molar-refractivity contribution in [3.63, 3.8) is 0 Å². The van der Waals surface area contributed by atoms with Crippen LogP contribution < -0.4 is 5.32 Å². The van der Waals surface area contributed by atoms with Crippen molar-refractivity contribution >= 4 is 33.5 Å². The van der Waals surface area contributed by atoms with Crippen molar-refractivity contribution in [2.75, 3.05) is 12.8 Å². The lowest BCUT2D eigenvalue weighted by atomic mass is 10.1. The molecule has 0 saturated carbocycles. The maximum Gasteiger partial charge on any atom is 0.325 e. The first-order valence-corrected chi connectivity index (χ1v) is 11.7. The minimum Gasteiger partial charge on any atom is -0.324 e.